The SMILES string of the molecule is Cn1cc2c(n1)C(=O)NCC1CN(CCO1)CN=CC(=CN)c1cccc(n1)C(=O)N2. The van der Waals surface area contributed by atoms with E-state index in [-0.39, 0.29) is 17.5 Å². The number of pyridine rings is 1. The van der Waals surface area contributed by atoms with Crippen molar-refractivity contribution >= 4 is 29.3 Å². The Morgan fingerprint density at radius 1 is 1.26 bits per heavy atom. The Morgan fingerprint density at radius 3 is 2.94 bits per heavy atom. The van der Waals surface area contributed by atoms with Crippen molar-refractivity contribution in [2.75, 3.05) is 38.2 Å². The summed E-state index contributed by atoms with van der Waals surface area (Å²) in [6.45, 7) is 2.68. The lowest BCUT2D eigenvalue weighted by molar-refractivity contribution is -0.0252. The second kappa shape index (κ2) is 9.06. The van der Waals surface area contributed by atoms with Crippen LogP contribution in [-0.2, 0) is 11.8 Å². The molecule has 0 spiro atoms. The second-order valence-electron chi connectivity index (χ2n) is 7.28. The van der Waals surface area contributed by atoms with Crippen LogP contribution in [0.25, 0.3) is 5.57 Å². The number of carbonyl (C=O) groups is 2. The average Bonchev–Trinajstić information content (AvgIpc) is 3.15. The number of aliphatic imine (C=N–C) groups is 1. The number of hydrogen-bond donors (Lipinski definition) is 3. The van der Waals surface area contributed by atoms with E-state index in [1.165, 1.54) is 10.9 Å². The van der Waals surface area contributed by atoms with Crippen LogP contribution in [0.4, 0.5) is 5.69 Å². The number of nitrogens with one attached hydrogen (secondary N) is 2. The van der Waals surface area contributed by atoms with Crippen molar-refractivity contribution in [2.24, 2.45) is 17.8 Å². The van der Waals surface area contributed by atoms with Crippen LogP contribution in [-0.4, -0.2) is 76.7 Å². The molecule has 11 heteroatoms. The van der Waals surface area contributed by atoms with Gasteiger partial charge in [-0.25, -0.2) is 4.98 Å². The summed E-state index contributed by atoms with van der Waals surface area (Å²) in [5.74, 6) is -0.860. The molecule has 4 rings (SSSR count). The monoisotopic (exact) mass is 424 g/mol. The van der Waals surface area contributed by atoms with E-state index in [2.05, 4.69) is 30.6 Å². The normalized spacial score (nSPS) is 23.6. The van der Waals surface area contributed by atoms with Gasteiger partial charge in [-0.2, -0.15) is 5.10 Å². The molecule has 2 atom stereocenters. The highest BCUT2D eigenvalue weighted by atomic mass is 16.5. The van der Waals surface area contributed by atoms with Gasteiger partial charge in [-0.15, -0.1) is 0 Å². The number of hydrogen-bond acceptors (Lipinski definition) is 8. The fourth-order valence-electron chi connectivity index (χ4n) is 3.43. The lowest BCUT2D eigenvalue weighted by Gasteiger charge is -2.31. The number of fused-ring (bicyclic) bond motifs is 5. The fraction of sp³-hybridized carbons (Fsp3) is 0.350. The summed E-state index contributed by atoms with van der Waals surface area (Å²) in [5.41, 5.74) is 7.49. The van der Waals surface area contributed by atoms with Gasteiger partial charge >= 0.3 is 0 Å². The van der Waals surface area contributed by atoms with Crippen molar-refractivity contribution in [3.8, 4) is 0 Å². The van der Waals surface area contributed by atoms with E-state index in [1.807, 2.05) is 0 Å². The van der Waals surface area contributed by atoms with E-state index in [1.54, 1.807) is 37.7 Å². The van der Waals surface area contributed by atoms with Crippen LogP contribution in [0.2, 0.25) is 0 Å². The van der Waals surface area contributed by atoms with Gasteiger partial charge in [0.1, 0.15) is 5.69 Å². The van der Waals surface area contributed by atoms with Gasteiger partial charge in [0.2, 0.25) is 0 Å². The summed E-state index contributed by atoms with van der Waals surface area (Å²) in [7, 11) is 1.68. The number of morpholine rings is 1. The van der Waals surface area contributed by atoms with Crippen LogP contribution in [0.1, 0.15) is 26.7 Å². The number of aryl methyl sites for hydroxylation is 1. The molecule has 4 heterocycles. The maximum Gasteiger partial charge on any atom is 0.274 e. The molecule has 31 heavy (non-hydrogen) atoms. The third-order valence-corrected chi connectivity index (χ3v) is 4.97. The van der Waals surface area contributed by atoms with Gasteiger partial charge in [-0.1, -0.05) is 6.07 Å². The first-order valence-corrected chi connectivity index (χ1v) is 9.90. The third-order valence-electron chi connectivity index (χ3n) is 4.97. The van der Waals surface area contributed by atoms with Crippen molar-refractivity contribution < 1.29 is 14.3 Å². The molecular formula is C20H24N8O3. The molecule has 2 unspecified atom stereocenters. The quantitative estimate of drug-likeness (QED) is 0.534. The molecule has 2 aromatic rings. The van der Waals surface area contributed by atoms with E-state index in [9.17, 15) is 9.59 Å². The maximum absolute atomic E-state index is 12.8. The molecule has 0 aromatic carbocycles. The van der Waals surface area contributed by atoms with Crippen LogP contribution in [0.15, 0.2) is 35.6 Å². The van der Waals surface area contributed by atoms with Crippen LogP contribution in [0, 0.1) is 0 Å². The summed E-state index contributed by atoms with van der Waals surface area (Å²) < 4.78 is 7.23. The smallest absolute Gasteiger partial charge is 0.274 e. The second-order valence-corrected chi connectivity index (χ2v) is 7.28. The first-order chi connectivity index (χ1) is 15.0. The van der Waals surface area contributed by atoms with Gasteiger partial charge in [-0.3, -0.25) is 24.2 Å². The molecule has 0 saturated carbocycles. The Balaban J connectivity index is 1.69. The van der Waals surface area contributed by atoms with Crippen LogP contribution in [0.5, 0.6) is 0 Å². The summed E-state index contributed by atoms with van der Waals surface area (Å²) in [6, 6.07) is 5.05. The Morgan fingerprint density at radius 2 is 2.10 bits per heavy atom. The molecule has 4 bridgehead atoms. The van der Waals surface area contributed by atoms with Crippen LogP contribution >= 0.6 is 0 Å². The van der Waals surface area contributed by atoms with Crippen molar-refractivity contribution in [2.45, 2.75) is 6.10 Å². The summed E-state index contributed by atoms with van der Waals surface area (Å²) >= 11 is 0. The van der Waals surface area contributed by atoms with Crippen molar-refractivity contribution in [3.05, 3.63) is 47.7 Å². The third kappa shape index (κ3) is 4.78. The first-order valence-electron chi connectivity index (χ1n) is 9.90. The number of ether oxygens (including phenoxy) is 1. The molecule has 2 aliphatic heterocycles. The van der Waals surface area contributed by atoms with Gasteiger partial charge in [0.15, 0.2) is 5.69 Å². The zero-order valence-electron chi connectivity index (χ0n) is 17.1. The molecule has 162 valence electrons. The molecule has 2 aromatic heterocycles. The largest absolute Gasteiger partial charge is 0.404 e. The minimum atomic E-state index is -0.466. The topological polar surface area (TPSA) is 140 Å². The van der Waals surface area contributed by atoms with Crippen molar-refractivity contribution in [3.63, 3.8) is 0 Å². The predicted molar refractivity (Wildman–Crippen MR) is 115 cm³/mol. The van der Waals surface area contributed by atoms with Crippen LogP contribution < -0.4 is 16.4 Å². The van der Waals surface area contributed by atoms with E-state index < -0.39 is 11.8 Å². The van der Waals surface area contributed by atoms with E-state index in [4.69, 9.17) is 10.5 Å². The number of allylic oxidation sites excluding steroid dienone is 1. The van der Waals surface area contributed by atoms with Crippen molar-refractivity contribution in [1.29, 1.82) is 0 Å². The summed E-state index contributed by atoms with van der Waals surface area (Å²) in [6.07, 6.45) is 4.45. The highest BCUT2D eigenvalue weighted by Crippen LogP contribution is 2.16. The minimum absolute atomic E-state index is 0.120. The standard InChI is InChI=1S/C20H24N8O3/c1-27-11-17-18(26-27)20(30)23-9-14-10-28(5-6-31-14)12-22-8-13(7-21)15-3-2-4-16(24-15)19(29)25-17/h2-4,7-8,11,14H,5-6,9-10,12,21H2,1H3,(H,23,30)(H,25,29). The number of nitrogens with two attached hydrogens (primary N) is 1. The Labute approximate surface area is 179 Å². The number of rotatable bonds is 0. The van der Waals surface area contributed by atoms with Gasteiger partial charge in [-0.05, 0) is 12.1 Å². The molecule has 11 nitrogen and oxygen atoms in total. The molecule has 0 radical (unpaired) electrons. The number of anilines is 1. The predicted octanol–water partition coefficient (Wildman–Crippen LogP) is -0.160. The molecule has 2 aliphatic rings. The lowest BCUT2D eigenvalue weighted by Crippen LogP contribution is -2.47. The molecule has 1 saturated heterocycles. The first kappa shape index (κ1) is 20.7. The Bertz CT molecular complexity index is 1040. The average molecular weight is 424 g/mol. The molecular weight excluding hydrogens is 400 g/mol. The van der Waals surface area contributed by atoms with Gasteiger partial charge in [0, 0.05) is 50.9 Å². The fourth-order valence-corrected chi connectivity index (χ4v) is 3.43. The van der Waals surface area contributed by atoms with Gasteiger partial charge < -0.3 is 21.1 Å². The zero-order chi connectivity index (χ0) is 21.8. The van der Waals surface area contributed by atoms with Crippen molar-refractivity contribution in [1.82, 2.24) is 25.0 Å². The minimum Gasteiger partial charge on any atom is -0.404 e. The van der Waals surface area contributed by atoms with E-state index in [0.29, 0.717) is 43.3 Å². The number of nitrogens with zero attached hydrogens (tertiary/aromatic N) is 5. The van der Waals surface area contributed by atoms with Crippen LogP contribution in [0.3, 0.4) is 0 Å². The summed E-state index contributed by atoms with van der Waals surface area (Å²) in [4.78, 5) is 36.5. The maximum atomic E-state index is 12.8. The molecule has 1 fully saturated rings. The molecule has 2 amide bonds. The van der Waals surface area contributed by atoms with Gasteiger partial charge in [0.05, 0.1) is 30.8 Å². The van der Waals surface area contributed by atoms with E-state index >= 15 is 0 Å². The zero-order valence-corrected chi connectivity index (χ0v) is 17.1. The van der Waals surface area contributed by atoms with E-state index in [0.717, 1.165) is 6.54 Å². The molecule has 4 N–H and O–H groups in total. The number of aromatic nitrogens is 3. The Hall–Kier alpha value is -3.57. The van der Waals surface area contributed by atoms with Gasteiger partial charge in [0.25, 0.3) is 11.8 Å². The highest BCUT2D eigenvalue weighted by Gasteiger charge is 2.24. The Kier molecular flexibility index (Phi) is 6.05. The highest BCUT2D eigenvalue weighted by molar-refractivity contribution is 6.10. The number of amides is 2. The lowest BCUT2D eigenvalue weighted by atomic mass is 10.2. The number of carbonyl (C=O) groups excluding carboxylic acids is 2. The molecule has 0 aliphatic carbocycles. The summed E-state index contributed by atoms with van der Waals surface area (Å²) in [5, 5.41) is 9.76.